The van der Waals surface area contributed by atoms with Crippen LogP contribution in [0.15, 0.2) is 42.5 Å². The quantitative estimate of drug-likeness (QED) is 0.424. The Morgan fingerprint density at radius 1 is 1.25 bits per heavy atom. The number of benzene rings is 1. The predicted molar refractivity (Wildman–Crippen MR) is 128 cm³/mol. The van der Waals surface area contributed by atoms with E-state index in [1.165, 1.54) is 42.7 Å². The molecule has 32 heavy (non-hydrogen) atoms. The number of methoxy groups -OCH3 is 1. The molecule has 3 heterocycles. The zero-order valence-electron chi connectivity index (χ0n) is 17.5. The van der Waals surface area contributed by atoms with Crippen molar-refractivity contribution in [1.82, 2.24) is 9.88 Å². The van der Waals surface area contributed by atoms with Gasteiger partial charge in [0.1, 0.15) is 15.5 Å². The summed E-state index contributed by atoms with van der Waals surface area (Å²) in [5.41, 5.74) is 1.86. The molecular weight excluding hydrogens is 449 g/mol. The number of nitrogens with one attached hydrogen (secondary N) is 1. The van der Waals surface area contributed by atoms with Crippen LogP contribution < -0.4 is 5.32 Å². The summed E-state index contributed by atoms with van der Waals surface area (Å²) in [6.07, 6.45) is 2.81. The number of hydrogen-bond donors (Lipinski definition) is 1. The van der Waals surface area contributed by atoms with Crippen LogP contribution in [-0.2, 0) is 16.1 Å². The Balaban J connectivity index is 1.58. The molecule has 0 saturated carbocycles. The number of nitrogens with zero attached hydrogens (tertiary/aromatic N) is 2. The van der Waals surface area contributed by atoms with E-state index < -0.39 is 11.9 Å². The second-order valence-electron chi connectivity index (χ2n) is 7.22. The second-order valence-corrected chi connectivity index (χ2v) is 9.44. The molecule has 3 aromatic rings. The van der Waals surface area contributed by atoms with Gasteiger partial charge in [0.25, 0.3) is 0 Å². The molecular formula is C23H22FN3O3S2. The van der Waals surface area contributed by atoms with Crippen LogP contribution in [0.3, 0.4) is 0 Å². The zero-order valence-corrected chi connectivity index (χ0v) is 19.1. The Kier molecular flexibility index (Phi) is 7.19. The van der Waals surface area contributed by atoms with Crippen LogP contribution in [0, 0.1) is 5.82 Å². The number of ether oxygens (including phenoxy) is 1. The van der Waals surface area contributed by atoms with Crippen molar-refractivity contribution in [3.05, 3.63) is 64.4 Å². The normalized spacial score (nSPS) is 14.7. The highest BCUT2D eigenvalue weighted by atomic mass is 32.2. The number of halogens is 1. The smallest absolute Gasteiger partial charge is 0.350 e. The van der Waals surface area contributed by atoms with E-state index in [2.05, 4.69) is 10.2 Å². The second kappa shape index (κ2) is 10.2. The van der Waals surface area contributed by atoms with Crippen molar-refractivity contribution in [1.29, 1.82) is 0 Å². The number of esters is 1. The molecule has 0 bridgehead atoms. The highest BCUT2D eigenvalue weighted by Crippen LogP contribution is 2.35. The Morgan fingerprint density at radius 3 is 2.81 bits per heavy atom. The summed E-state index contributed by atoms with van der Waals surface area (Å²) in [7, 11) is 1.30. The third kappa shape index (κ3) is 5.35. The summed E-state index contributed by atoms with van der Waals surface area (Å²) < 4.78 is 18.2. The Hall–Kier alpha value is -2.75. The molecule has 2 aromatic heterocycles. The van der Waals surface area contributed by atoms with E-state index in [0.29, 0.717) is 21.5 Å². The summed E-state index contributed by atoms with van der Waals surface area (Å²) in [6.45, 7) is 2.81. The highest BCUT2D eigenvalue weighted by Gasteiger charge is 2.22. The number of hydrogen-bond acceptors (Lipinski definition) is 7. The van der Waals surface area contributed by atoms with Crippen LogP contribution in [0.25, 0.3) is 16.3 Å². The van der Waals surface area contributed by atoms with E-state index in [1.807, 2.05) is 23.9 Å². The summed E-state index contributed by atoms with van der Waals surface area (Å²) in [4.78, 5) is 32.9. The number of carbonyl (C=O) groups is 2. The minimum atomic E-state index is -0.535. The molecule has 6 nitrogen and oxygen atoms in total. The maximum atomic E-state index is 13.3. The highest BCUT2D eigenvalue weighted by molar-refractivity contribution is 7.99. The first-order chi connectivity index (χ1) is 15.5. The summed E-state index contributed by atoms with van der Waals surface area (Å²) in [5.74, 6) is 0.885. The van der Waals surface area contributed by atoms with E-state index in [-0.39, 0.29) is 10.7 Å². The van der Waals surface area contributed by atoms with Gasteiger partial charge in [0.2, 0.25) is 5.91 Å². The number of thiophene rings is 1. The lowest BCUT2D eigenvalue weighted by Gasteiger charge is -2.25. The van der Waals surface area contributed by atoms with Crippen molar-refractivity contribution in [3.63, 3.8) is 0 Å². The van der Waals surface area contributed by atoms with E-state index in [4.69, 9.17) is 9.72 Å². The Morgan fingerprint density at radius 2 is 2.06 bits per heavy atom. The molecule has 0 aliphatic carbocycles. The van der Waals surface area contributed by atoms with Gasteiger partial charge < -0.3 is 10.1 Å². The van der Waals surface area contributed by atoms with Gasteiger partial charge in [0.15, 0.2) is 0 Å². The number of fused-ring (bicyclic) bond motifs is 1. The lowest BCUT2D eigenvalue weighted by Crippen LogP contribution is -2.32. The molecule has 1 N–H and O–H groups in total. The minimum absolute atomic E-state index is 0.286. The van der Waals surface area contributed by atoms with Gasteiger partial charge in [-0.1, -0.05) is 12.1 Å². The first kappa shape index (κ1) is 22.4. The lowest BCUT2D eigenvalue weighted by molar-refractivity contribution is -0.111. The van der Waals surface area contributed by atoms with Crippen molar-refractivity contribution >= 4 is 57.0 Å². The van der Waals surface area contributed by atoms with Gasteiger partial charge in [-0.25, -0.2) is 14.2 Å². The molecule has 1 aliphatic rings. The average Bonchev–Trinajstić information content (AvgIpc) is 3.15. The predicted octanol–water partition coefficient (Wildman–Crippen LogP) is 4.42. The standard InChI is InChI=1S/C23H22FN3O3S2/c1-30-23(29)21-20(26-19(28)8-5-15-3-2-4-16(24)13-15)18-7-6-17(25-22(18)32-21)14-27-9-11-31-12-10-27/h2-8,13H,9-12,14H2,1H3,(H,26,28). The number of carbonyl (C=O) groups excluding carboxylic acids is 2. The molecule has 1 amide bonds. The van der Waals surface area contributed by atoms with Gasteiger partial charge in [-0.05, 0) is 35.9 Å². The van der Waals surface area contributed by atoms with E-state index in [9.17, 15) is 14.0 Å². The van der Waals surface area contributed by atoms with Crippen LogP contribution in [0.1, 0.15) is 20.9 Å². The molecule has 0 spiro atoms. The number of amides is 1. The van der Waals surface area contributed by atoms with Gasteiger partial charge in [0.05, 0.1) is 18.5 Å². The van der Waals surface area contributed by atoms with Crippen LogP contribution in [0.4, 0.5) is 10.1 Å². The number of aromatic nitrogens is 1. The van der Waals surface area contributed by atoms with Crippen LogP contribution in [0.5, 0.6) is 0 Å². The third-order valence-corrected chi connectivity index (χ3v) is 7.02. The fourth-order valence-corrected chi connectivity index (χ4v) is 5.45. The van der Waals surface area contributed by atoms with Crippen molar-refractivity contribution in [2.45, 2.75) is 6.54 Å². The molecule has 0 radical (unpaired) electrons. The van der Waals surface area contributed by atoms with Crippen molar-refractivity contribution < 1.29 is 18.7 Å². The third-order valence-electron chi connectivity index (χ3n) is 5.00. The van der Waals surface area contributed by atoms with Gasteiger partial charge in [-0.2, -0.15) is 11.8 Å². The fourth-order valence-electron chi connectivity index (χ4n) is 3.40. The molecule has 0 atom stereocenters. The fraction of sp³-hybridized carbons (Fsp3) is 0.261. The topological polar surface area (TPSA) is 71.5 Å². The largest absolute Gasteiger partial charge is 0.465 e. The number of pyridine rings is 1. The summed E-state index contributed by atoms with van der Waals surface area (Å²) in [5, 5.41) is 3.45. The summed E-state index contributed by atoms with van der Waals surface area (Å²) >= 11 is 3.15. The number of thioether (sulfide) groups is 1. The number of rotatable bonds is 6. The first-order valence-corrected chi connectivity index (χ1v) is 12.1. The maximum Gasteiger partial charge on any atom is 0.350 e. The summed E-state index contributed by atoms with van der Waals surface area (Å²) in [6, 6.07) is 9.74. The molecule has 1 aromatic carbocycles. The molecule has 0 unspecified atom stereocenters. The zero-order chi connectivity index (χ0) is 22.5. The number of anilines is 1. The van der Waals surface area contributed by atoms with Crippen molar-refractivity contribution in [3.8, 4) is 0 Å². The molecule has 4 rings (SSSR count). The van der Waals surface area contributed by atoms with E-state index in [1.54, 1.807) is 12.1 Å². The Bertz CT molecular complexity index is 1170. The monoisotopic (exact) mass is 471 g/mol. The van der Waals surface area contributed by atoms with Crippen molar-refractivity contribution in [2.75, 3.05) is 37.0 Å². The molecule has 1 saturated heterocycles. The lowest BCUT2D eigenvalue weighted by atomic mass is 10.2. The molecule has 9 heteroatoms. The average molecular weight is 472 g/mol. The van der Waals surface area contributed by atoms with Crippen LogP contribution in [-0.4, -0.2) is 53.5 Å². The van der Waals surface area contributed by atoms with Gasteiger partial charge in [0, 0.05) is 42.6 Å². The van der Waals surface area contributed by atoms with Crippen molar-refractivity contribution in [2.24, 2.45) is 0 Å². The molecule has 166 valence electrons. The van der Waals surface area contributed by atoms with Crippen LogP contribution >= 0.6 is 23.1 Å². The van der Waals surface area contributed by atoms with Gasteiger partial charge in [-0.15, -0.1) is 11.3 Å². The minimum Gasteiger partial charge on any atom is -0.465 e. The van der Waals surface area contributed by atoms with Crippen LogP contribution in [0.2, 0.25) is 0 Å². The van der Waals surface area contributed by atoms with E-state index in [0.717, 1.165) is 36.8 Å². The van der Waals surface area contributed by atoms with E-state index >= 15 is 0 Å². The Labute approximate surface area is 193 Å². The maximum absolute atomic E-state index is 13.3. The van der Waals surface area contributed by atoms with Gasteiger partial charge in [-0.3, -0.25) is 9.69 Å². The van der Waals surface area contributed by atoms with Gasteiger partial charge >= 0.3 is 5.97 Å². The SMILES string of the molecule is COC(=O)c1sc2nc(CN3CCSCC3)ccc2c1NC(=O)C=Cc1cccc(F)c1. The molecule has 1 aliphatic heterocycles. The first-order valence-electron chi connectivity index (χ1n) is 10.1. The molecule has 1 fully saturated rings.